The van der Waals surface area contributed by atoms with Gasteiger partial charge in [-0.25, -0.2) is 18.1 Å². The molecule has 1 heterocycles. The molecule has 4 aromatic rings. The summed E-state index contributed by atoms with van der Waals surface area (Å²) in [5.41, 5.74) is 6.97. The largest absolute Gasteiger partial charge is 0.383 e. The third-order valence-corrected chi connectivity index (χ3v) is 7.83. The van der Waals surface area contributed by atoms with Gasteiger partial charge in [-0.05, 0) is 54.7 Å². The van der Waals surface area contributed by atoms with E-state index in [4.69, 9.17) is 5.73 Å². The summed E-state index contributed by atoms with van der Waals surface area (Å²) in [4.78, 5) is 9.21. The molecule has 35 heavy (non-hydrogen) atoms. The molecule has 8 heteroatoms. The van der Waals surface area contributed by atoms with Crippen LogP contribution < -0.4 is 15.8 Å². The number of nitrogens with one attached hydrogen (secondary N) is 2. The lowest BCUT2D eigenvalue weighted by Crippen LogP contribution is -2.26. The number of aromatic nitrogens is 2. The Kier molecular flexibility index (Phi) is 7.52. The van der Waals surface area contributed by atoms with E-state index in [-0.39, 0.29) is 5.41 Å². The first kappa shape index (κ1) is 24.9. The van der Waals surface area contributed by atoms with Crippen LogP contribution in [-0.4, -0.2) is 31.5 Å². The third kappa shape index (κ3) is 6.26. The number of hydrogen-bond acceptors (Lipinski definition) is 6. The molecular formula is C27H33N5O2S. The van der Waals surface area contributed by atoms with E-state index >= 15 is 0 Å². The average Bonchev–Trinajstić information content (AvgIpc) is 2.84. The summed E-state index contributed by atoms with van der Waals surface area (Å²) >= 11 is 0. The van der Waals surface area contributed by atoms with Crippen LogP contribution in [0.4, 0.5) is 11.8 Å². The maximum Gasteiger partial charge on any atom is 0.241 e. The Morgan fingerprint density at radius 3 is 2.29 bits per heavy atom. The fraction of sp³-hybridized carbons (Fsp3) is 0.333. The first-order valence-electron chi connectivity index (χ1n) is 12.0. The van der Waals surface area contributed by atoms with Crippen LogP contribution >= 0.6 is 0 Å². The van der Waals surface area contributed by atoms with E-state index in [0.717, 1.165) is 53.9 Å². The lowest BCUT2D eigenvalue weighted by Gasteiger charge is -2.24. The maximum atomic E-state index is 12.9. The SMILES string of the molecule is CC(C)(CCCNc1nc(N)c2ccccc2n1)CCCNS(=O)(=O)c1cccc2ccccc12. The molecule has 3 aromatic carbocycles. The fourth-order valence-corrected chi connectivity index (χ4v) is 5.66. The van der Waals surface area contributed by atoms with Crippen LogP contribution in [-0.2, 0) is 10.0 Å². The molecule has 0 saturated carbocycles. The van der Waals surface area contributed by atoms with E-state index in [2.05, 4.69) is 33.9 Å². The second-order valence-corrected chi connectivity index (χ2v) is 11.4. The molecule has 0 amide bonds. The highest BCUT2D eigenvalue weighted by molar-refractivity contribution is 7.89. The smallest absolute Gasteiger partial charge is 0.241 e. The van der Waals surface area contributed by atoms with E-state index in [0.29, 0.717) is 23.2 Å². The van der Waals surface area contributed by atoms with Crippen LogP contribution in [0.3, 0.4) is 0 Å². The van der Waals surface area contributed by atoms with Gasteiger partial charge in [-0.2, -0.15) is 4.98 Å². The van der Waals surface area contributed by atoms with Gasteiger partial charge in [0.05, 0.1) is 10.4 Å². The van der Waals surface area contributed by atoms with Crippen molar-refractivity contribution in [1.29, 1.82) is 0 Å². The van der Waals surface area contributed by atoms with Crippen molar-refractivity contribution in [3.05, 3.63) is 66.7 Å². The lowest BCUT2D eigenvalue weighted by atomic mass is 9.83. The van der Waals surface area contributed by atoms with Gasteiger partial charge in [-0.3, -0.25) is 0 Å². The van der Waals surface area contributed by atoms with Crippen molar-refractivity contribution in [2.75, 3.05) is 24.1 Å². The quantitative estimate of drug-likeness (QED) is 0.244. The summed E-state index contributed by atoms with van der Waals surface area (Å²) in [6.45, 7) is 5.60. The zero-order valence-corrected chi connectivity index (χ0v) is 21.1. The molecule has 0 aliphatic rings. The summed E-state index contributed by atoms with van der Waals surface area (Å²) < 4.78 is 28.5. The molecule has 1 aromatic heterocycles. The predicted molar refractivity (Wildman–Crippen MR) is 144 cm³/mol. The first-order chi connectivity index (χ1) is 16.8. The van der Waals surface area contributed by atoms with Crippen LogP contribution in [0.2, 0.25) is 0 Å². The number of benzene rings is 3. The molecule has 0 radical (unpaired) electrons. The number of nitrogen functional groups attached to an aromatic ring is 1. The lowest BCUT2D eigenvalue weighted by molar-refractivity contribution is 0.294. The summed E-state index contributed by atoms with van der Waals surface area (Å²) in [5, 5.41) is 5.79. The molecule has 0 aliphatic carbocycles. The van der Waals surface area contributed by atoms with E-state index in [1.165, 1.54) is 0 Å². The number of anilines is 2. The molecule has 4 N–H and O–H groups in total. The van der Waals surface area contributed by atoms with Crippen molar-refractivity contribution in [3.8, 4) is 0 Å². The second kappa shape index (κ2) is 10.6. The third-order valence-electron chi connectivity index (χ3n) is 6.31. The zero-order valence-electron chi connectivity index (χ0n) is 20.3. The highest BCUT2D eigenvalue weighted by Gasteiger charge is 2.19. The molecule has 0 saturated heterocycles. The Morgan fingerprint density at radius 2 is 1.49 bits per heavy atom. The Labute approximate surface area is 207 Å². The molecule has 184 valence electrons. The molecule has 0 aliphatic heterocycles. The maximum absolute atomic E-state index is 12.9. The van der Waals surface area contributed by atoms with Gasteiger partial charge in [0.2, 0.25) is 16.0 Å². The molecule has 0 spiro atoms. The van der Waals surface area contributed by atoms with Crippen LogP contribution in [0.25, 0.3) is 21.7 Å². The van der Waals surface area contributed by atoms with Gasteiger partial charge < -0.3 is 11.1 Å². The highest BCUT2D eigenvalue weighted by atomic mass is 32.2. The minimum absolute atomic E-state index is 0.0931. The van der Waals surface area contributed by atoms with E-state index in [1.807, 2.05) is 54.6 Å². The molecule has 0 unspecified atom stereocenters. The van der Waals surface area contributed by atoms with Gasteiger partial charge in [0.1, 0.15) is 5.82 Å². The van der Waals surface area contributed by atoms with Crippen molar-refractivity contribution in [3.63, 3.8) is 0 Å². The van der Waals surface area contributed by atoms with Crippen LogP contribution in [0, 0.1) is 5.41 Å². The Bertz CT molecular complexity index is 1410. The first-order valence-corrected chi connectivity index (χ1v) is 13.5. The van der Waals surface area contributed by atoms with Gasteiger partial charge >= 0.3 is 0 Å². The molecule has 4 rings (SSSR count). The summed E-state index contributed by atoms with van der Waals surface area (Å²) in [6, 6.07) is 20.6. The van der Waals surface area contributed by atoms with Gasteiger partial charge in [0.25, 0.3) is 0 Å². The fourth-order valence-electron chi connectivity index (χ4n) is 4.35. The van der Waals surface area contributed by atoms with Crippen molar-refractivity contribution >= 4 is 43.5 Å². The Morgan fingerprint density at radius 1 is 0.829 bits per heavy atom. The Hall–Kier alpha value is -3.23. The highest BCUT2D eigenvalue weighted by Crippen LogP contribution is 2.28. The van der Waals surface area contributed by atoms with Crippen molar-refractivity contribution in [1.82, 2.24) is 14.7 Å². The monoisotopic (exact) mass is 491 g/mol. The molecule has 0 atom stereocenters. The van der Waals surface area contributed by atoms with Gasteiger partial charge in [-0.1, -0.05) is 62.4 Å². The van der Waals surface area contributed by atoms with Crippen molar-refractivity contribution in [2.45, 2.75) is 44.4 Å². The topological polar surface area (TPSA) is 110 Å². The second-order valence-electron chi connectivity index (χ2n) is 9.62. The minimum Gasteiger partial charge on any atom is -0.383 e. The number of rotatable bonds is 11. The standard InChI is InChI=1S/C27H33N5O2S/c1-27(2,16-8-18-29-26-31-23-14-6-5-13-22(23)25(28)32-26)17-9-19-30-35(33,34)24-15-7-11-20-10-3-4-12-21(20)24/h3-7,10-15,30H,8-9,16-19H2,1-2H3,(H3,28,29,31,32). The zero-order chi connectivity index (χ0) is 24.9. The number of hydrogen-bond donors (Lipinski definition) is 3. The number of fused-ring (bicyclic) bond motifs is 2. The van der Waals surface area contributed by atoms with E-state index in [9.17, 15) is 8.42 Å². The number of nitrogens with two attached hydrogens (primary N) is 1. The van der Waals surface area contributed by atoms with Crippen LogP contribution in [0.5, 0.6) is 0 Å². The Balaban J connectivity index is 1.23. The van der Waals surface area contributed by atoms with Crippen LogP contribution in [0.1, 0.15) is 39.5 Å². The molecule has 7 nitrogen and oxygen atoms in total. The predicted octanol–water partition coefficient (Wildman–Crippen LogP) is 5.34. The number of sulfonamides is 1. The van der Waals surface area contributed by atoms with E-state index in [1.54, 1.807) is 12.1 Å². The van der Waals surface area contributed by atoms with Crippen molar-refractivity contribution in [2.24, 2.45) is 5.41 Å². The van der Waals surface area contributed by atoms with Gasteiger partial charge in [0, 0.05) is 23.9 Å². The molecule has 0 bridgehead atoms. The van der Waals surface area contributed by atoms with Crippen LogP contribution in [0.15, 0.2) is 71.6 Å². The molecular weight excluding hydrogens is 458 g/mol. The summed E-state index contributed by atoms with van der Waals surface area (Å²) in [6.07, 6.45) is 3.64. The normalized spacial score (nSPS) is 12.3. The number of para-hydroxylation sites is 1. The average molecular weight is 492 g/mol. The van der Waals surface area contributed by atoms with E-state index < -0.39 is 10.0 Å². The molecule has 0 fully saturated rings. The summed E-state index contributed by atoms with van der Waals surface area (Å²) in [5.74, 6) is 1.02. The van der Waals surface area contributed by atoms with Crippen molar-refractivity contribution < 1.29 is 8.42 Å². The number of nitrogens with zero attached hydrogens (tertiary/aromatic N) is 2. The minimum atomic E-state index is -3.56. The van der Waals surface area contributed by atoms with Gasteiger partial charge in [-0.15, -0.1) is 0 Å². The van der Waals surface area contributed by atoms with Gasteiger partial charge in [0.15, 0.2) is 0 Å². The summed E-state index contributed by atoms with van der Waals surface area (Å²) in [7, 11) is -3.56.